The molecule has 244 valence electrons. The Hall–Kier alpha value is -3.69. The molecule has 3 aromatic heterocycles. The first-order chi connectivity index (χ1) is 21.9. The fraction of sp³-hybridized carbons (Fsp3) is 0.516. The number of halogens is 3. The maximum Gasteiger partial charge on any atom is 0.511 e. The van der Waals surface area contributed by atoms with Crippen LogP contribution >= 0.6 is 0 Å². The van der Waals surface area contributed by atoms with Gasteiger partial charge in [-0.15, -0.1) is 0 Å². The van der Waals surface area contributed by atoms with E-state index in [2.05, 4.69) is 9.55 Å². The number of likely N-dealkylation sites (tertiary alicyclic amines) is 1. The van der Waals surface area contributed by atoms with Gasteiger partial charge in [-0.2, -0.15) is 17.5 Å². The van der Waals surface area contributed by atoms with Gasteiger partial charge >= 0.3 is 15.5 Å². The van der Waals surface area contributed by atoms with E-state index in [0.717, 1.165) is 49.0 Å². The lowest BCUT2D eigenvalue weighted by Crippen LogP contribution is -2.54. The van der Waals surface area contributed by atoms with E-state index in [4.69, 9.17) is 15.5 Å². The Bertz CT molecular complexity index is 1980. The molecule has 11 nitrogen and oxygen atoms in total. The summed E-state index contributed by atoms with van der Waals surface area (Å²) in [6.45, 7) is 0.994. The van der Waals surface area contributed by atoms with Crippen LogP contribution in [0, 0.1) is 17.8 Å². The largest absolute Gasteiger partial charge is 0.511 e. The number of amides is 1. The molecule has 1 aromatic carbocycles. The van der Waals surface area contributed by atoms with Crippen molar-refractivity contribution in [2.45, 2.75) is 56.4 Å². The first-order valence-electron chi connectivity index (χ1n) is 15.6. The Morgan fingerprint density at radius 2 is 1.80 bits per heavy atom. The van der Waals surface area contributed by atoms with Gasteiger partial charge < -0.3 is 24.5 Å². The molecule has 2 bridgehead atoms. The summed E-state index contributed by atoms with van der Waals surface area (Å²) in [5.74, 6) is 1.20. The highest BCUT2D eigenvalue weighted by atomic mass is 32.2. The number of carbonyl (C=O) groups excluding carboxylic acids is 1. The molecule has 5 heterocycles. The van der Waals surface area contributed by atoms with Gasteiger partial charge in [0, 0.05) is 67.9 Å². The van der Waals surface area contributed by atoms with Crippen LogP contribution in [-0.4, -0.2) is 87.0 Å². The van der Waals surface area contributed by atoms with Gasteiger partial charge in [0.15, 0.2) is 5.82 Å². The predicted molar refractivity (Wildman–Crippen MR) is 163 cm³/mol. The van der Waals surface area contributed by atoms with Crippen molar-refractivity contribution in [1.29, 1.82) is 0 Å². The van der Waals surface area contributed by atoms with Gasteiger partial charge in [0.1, 0.15) is 16.9 Å². The van der Waals surface area contributed by atoms with Crippen molar-refractivity contribution in [1.82, 2.24) is 28.3 Å². The number of carbonyl (C=O) groups is 1. The second-order valence-electron chi connectivity index (χ2n) is 13.2. The summed E-state index contributed by atoms with van der Waals surface area (Å²) in [6.07, 6.45) is 5.83. The van der Waals surface area contributed by atoms with Crippen molar-refractivity contribution in [3.05, 3.63) is 42.1 Å². The summed E-state index contributed by atoms with van der Waals surface area (Å²) >= 11 is 0. The van der Waals surface area contributed by atoms with Crippen molar-refractivity contribution in [2.24, 2.45) is 23.5 Å². The summed E-state index contributed by atoms with van der Waals surface area (Å²) in [7, 11) is -3.91. The molecular weight excluding hydrogens is 623 g/mol. The van der Waals surface area contributed by atoms with E-state index in [9.17, 15) is 26.4 Å². The molecular formula is C31H34F3N7O4S. The van der Waals surface area contributed by atoms with Crippen molar-refractivity contribution in [2.75, 3.05) is 26.7 Å². The van der Waals surface area contributed by atoms with Gasteiger partial charge in [-0.3, -0.25) is 4.79 Å². The smallest absolute Gasteiger partial charge is 0.494 e. The third-order valence-corrected chi connectivity index (χ3v) is 11.8. The van der Waals surface area contributed by atoms with Crippen LogP contribution in [0.5, 0.6) is 5.75 Å². The standard InChI is InChI=1S/C31H34F3N7O4S/c1-45-25-11-21(30(42)40-16-20-6-7-23(40)26(20)35)9-22-27(25)41(15-18-12-38(13-18)46(43,44)31(32,33)34)29(37-22)24-10-19-3-2-8-36-28(19)39(24)14-17-4-5-17/h2-3,8-11,17-18,20,23,26H,4-7,12-16,35H2,1H3/t20-,23-,26-/m1/s1. The number of pyridine rings is 1. The van der Waals surface area contributed by atoms with Gasteiger partial charge in [0.2, 0.25) is 0 Å². The number of fused-ring (bicyclic) bond motifs is 4. The predicted octanol–water partition coefficient (Wildman–Crippen LogP) is 3.81. The number of hydrogen-bond donors (Lipinski definition) is 1. The highest BCUT2D eigenvalue weighted by molar-refractivity contribution is 7.90. The molecule has 0 spiro atoms. The number of rotatable bonds is 8. The maximum absolute atomic E-state index is 13.8. The zero-order valence-corrected chi connectivity index (χ0v) is 26.0. The van der Waals surface area contributed by atoms with Crippen LogP contribution < -0.4 is 10.5 Å². The number of imidazole rings is 1. The molecule has 46 heavy (non-hydrogen) atoms. The van der Waals surface area contributed by atoms with E-state index in [1.807, 2.05) is 27.7 Å². The first-order valence-corrected chi connectivity index (χ1v) is 17.0. The highest BCUT2D eigenvalue weighted by Crippen LogP contribution is 2.41. The minimum atomic E-state index is -5.41. The number of piperidine rings is 1. The lowest BCUT2D eigenvalue weighted by Gasteiger charge is -2.38. The second-order valence-corrected chi connectivity index (χ2v) is 15.1. The number of hydrogen-bond acceptors (Lipinski definition) is 7. The Morgan fingerprint density at radius 1 is 1.04 bits per heavy atom. The Kier molecular flexibility index (Phi) is 6.72. The van der Waals surface area contributed by atoms with Crippen LogP contribution in [0.25, 0.3) is 33.6 Å². The molecule has 8 rings (SSSR count). The molecule has 4 fully saturated rings. The molecule has 4 aliphatic rings. The zero-order valence-electron chi connectivity index (χ0n) is 25.2. The molecule has 2 N–H and O–H groups in total. The number of ether oxygens (including phenoxy) is 1. The highest BCUT2D eigenvalue weighted by Gasteiger charge is 2.53. The lowest BCUT2D eigenvalue weighted by atomic mass is 10.0. The van der Waals surface area contributed by atoms with Gasteiger partial charge in [-0.1, -0.05) is 0 Å². The third kappa shape index (κ3) is 4.60. The molecule has 2 aliphatic heterocycles. The van der Waals surface area contributed by atoms with Crippen LogP contribution in [0.15, 0.2) is 36.5 Å². The van der Waals surface area contributed by atoms with Gasteiger partial charge in [-0.05, 0) is 67.9 Å². The minimum absolute atomic E-state index is 0.00696. The number of nitrogens with two attached hydrogens (primary N) is 1. The molecule has 2 aliphatic carbocycles. The summed E-state index contributed by atoms with van der Waals surface area (Å²) < 4.78 is 74.1. The fourth-order valence-corrected chi connectivity index (χ4v) is 8.69. The number of benzene rings is 1. The van der Waals surface area contributed by atoms with Crippen molar-refractivity contribution >= 4 is 38.0 Å². The van der Waals surface area contributed by atoms with Crippen LogP contribution in [0.4, 0.5) is 13.2 Å². The van der Waals surface area contributed by atoms with E-state index < -0.39 is 21.4 Å². The van der Waals surface area contributed by atoms with Crippen LogP contribution in [0.3, 0.4) is 0 Å². The molecule has 3 atom stereocenters. The van der Waals surface area contributed by atoms with E-state index in [1.165, 1.54) is 7.11 Å². The summed E-state index contributed by atoms with van der Waals surface area (Å²) in [6, 6.07) is 9.22. The molecule has 2 saturated heterocycles. The number of methoxy groups -OCH3 is 1. The Labute approximate surface area is 263 Å². The average Bonchev–Trinajstić information content (AvgIpc) is 3.36. The minimum Gasteiger partial charge on any atom is -0.494 e. The van der Waals surface area contributed by atoms with Crippen LogP contribution in [-0.2, 0) is 23.1 Å². The molecule has 4 aromatic rings. The molecule has 0 radical (unpaired) electrons. The molecule has 2 saturated carbocycles. The molecule has 15 heteroatoms. The monoisotopic (exact) mass is 657 g/mol. The zero-order chi connectivity index (χ0) is 32.1. The topological polar surface area (TPSA) is 129 Å². The summed E-state index contributed by atoms with van der Waals surface area (Å²) in [4.78, 5) is 25.4. The number of alkyl halides is 3. The average molecular weight is 658 g/mol. The Balaban J connectivity index is 1.23. The van der Waals surface area contributed by atoms with Crippen molar-refractivity contribution in [3.63, 3.8) is 0 Å². The van der Waals surface area contributed by atoms with Crippen LogP contribution in [0.2, 0.25) is 0 Å². The lowest BCUT2D eigenvalue weighted by molar-refractivity contribution is -0.0525. The fourth-order valence-electron chi connectivity index (χ4n) is 7.58. The summed E-state index contributed by atoms with van der Waals surface area (Å²) in [5, 5.41) is 0.922. The van der Waals surface area contributed by atoms with Gasteiger partial charge in [0.05, 0.1) is 18.3 Å². The number of sulfonamides is 1. The van der Waals surface area contributed by atoms with Crippen molar-refractivity contribution in [3.8, 4) is 17.3 Å². The van der Waals surface area contributed by atoms with E-state index in [0.29, 0.717) is 44.9 Å². The normalized spacial score (nSPS) is 23.9. The SMILES string of the molecule is COc1cc(C(=O)N2C[C@H]3CC[C@@H]2[C@@H]3N)cc2nc(-c3cc4cccnc4n3CC3CC3)n(CC3CN(S(=O)(=O)C(F)(F)F)C3)c12. The summed E-state index contributed by atoms with van der Waals surface area (Å²) in [5.41, 5.74) is 4.13. The first kappa shape index (κ1) is 29.7. The van der Waals surface area contributed by atoms with E-state index in [-0.39, 0.29) is 43.5 Å². The van der Waals surface area contributed by atoms with Crippen molar-refractivity contribution < 1.29 is 31.1 Å². The Morgan fingerprint density at radius 3 is 2.46 bits per heavy atom. The van der Waals surface area contributed by atoms with E-state index >= 15 is 0 Å². The molecule has 1 amide bonds. The quantitative estimate of drug-likeness (QED) is 0.305. The third-order valence-electron chi connectivity index (χ3n) is 10.2. The second kappa shape index (κ2) is 10.4. The maximum atomic E-state index is 13.8. The van der Waals surface area contributed by atoms with Gasteiger partial charge in [-0.25, -0.2) is 18.4 Å². The van der Waals surface area contributed by atoms with Gasteiger partial charge in [0.25, 0.3) is 5.91 Å². The van der Waals surface area contributed by atoms with Crippen LogP contribution in [0.1, 0.15) is 36.0 Å². The van der Waals surface area contributed by atoms with E-state index in [1.54, 1.807) is 18.3 Å². The molecule has 0 unspecified atom stereocenters. The number of nitrogens with zero attached hydrogens (tertiary/aromatic N) is 6. The number of aromatic nitrogens is 4.